The average molecular weight is 227 g/mol. The molecule has 1 saturated carbocycles. The lowest BCUT2D eigenvalue weighted by Crippen LogP contribution is -2.13. The SMILES string of the molecule is Nc1snnc1COCC1CCCCC1. The summed E-state index contributed by atoms with van der Waals surface area (Å²) in [4.78, 5) is 0. The van der Waals surface area contributed by atoms with Crippen LogP contribution < -0.4 is 5.73 Å². The fourth-order valence-corrected chi connectivity index (χ4v) is 2.42. The summed E-state index contributed by atoms with van der Waals surface area (Å²) in [5.41, 5.74) is 6.46. The fraction of sp³-hybridized carbons (Fsp3) is 0.800. The quantitative estimate of drug-likeness (QED) is 0.856. The van der Waals surface area contributed by atoms with Crippen molar-refractivity contribution in [3.63, 3.8) is 0 Å². The van der Waals surface area contributed by atoms with E-state index in [9.17, 15) is 0 Å². The fourth-order valence-electron chi connectivity index (χ4n) is 1.99. The van der Waals surface area contributed by atoms with Gasteiger partial charge in [-0.05, 0) is 18.8 Å². The summed E-state index contributed by atoms with van der Waals surface area (Å²) in [6.45, 7) is 1.36. The molecule has 1 fully saturated rings. The lowest BCUT2D eigenvalue weighted by molar-refractivity contribution is 0.0723. The Balaban J connectivity index is 1.68. The maximum Gasteiger partial charge on any atom is 0.133 e. The van der Waals surface area contributed by atoms with Crippen LogP contribution in [0.2, 0.25) is 0 Å². The number of aromatic nitrogens is 2. The number of hydrogen-bond acceptors (Lipinski definition) is 5. The van der Waals surface area contributed by atoms with E-state index < -0.39 is 0 Å². The summed E-state index contributed by atoms with van der Waals surface area (Å²) < 4.78 is 9.40. The van der Waals surface area contributed by atoms with E-state index in [2.05, 4.69) is 9.59 Å². The predicted octanol–water partition coefficient (Wildman–Crippen LogP) is 2.22. The van der Waals surface area contributed by atoms with Crippen molar-refractivity contribution in [3.05, 3.63) is 5.69 Å². The molecular formula is C10H17N3OS. The summed E-state index contributed by atoms with van der Waals surface area (Å²) in [5, 5.41) is 4.60. The molecule has 0 amide bonds. The first kappa shape index (κ1) is 10.8. The summed E-state index contributed by atoms with van der Waals surface area (Å²) >= 11 is 1.23. The molecule has 1 aliphatic rings. The highest BCUT2D eigenvalue weighted by atomic mass is 32.1. The van der Waals surface area contributed by atoms with Crippen molar-refractivity contribution in [1.82, 2.24) is 9.59 Å². The van der Waals surface area contributed by atoms with Gasteiger partial charge in [0.05, 0.1) is 6.61 Å². The molecular weight excluding hydrogens is 210 g/mol. The van der Waals surface area contributed by atoms with E-state index in [0.717, 1.165) is 18.2 Å². The highest BCUT2D eigenvalue weighted by Gasteiger charge is 2.14. The Morgan fingerprint density at radius 2 is 2.13 bits per heavy atom. The van der Waals surface area contributed by atoms with Gasteiger partial charge in [-0.2, -0.15) is 0 Å². The summed E-state index contributed by atoms with van der Waals surface area (Å²) in [6.07, 6.45) is 6.72. The van der Waals surface area contributed by atoms with Crippen LogP contribution in [0, 0.1) is 5.92 Å². The van der Waals surface area contributed by atoms with Gasteiger partial charge in [0.25, 0.3) is 0 Å². The first-order valence-corrected chi connectivity index (χ1v) is 6.28. The Morgan fingerprint density at radius 1 is 1.33 bits per heavy atom. The molecule has 0 spiro atoms. The Bertz CT molecular complexity index is 297. The molecule has 4 nitrogen and oxygen atoms in total. The highest BCUT2D eigenvalue weighted by Crippen LogP contribution is 2.24. The molecule has 1 aliphatic carbocycles. The number of hydrogen-bond donors (Lipinski definition) is 1. The number of nitrogens with two attached hydrogens (primary N) is 1. The highest BCUT2D eigenvalue weighted by molar-refractivity contribution is 7.09. The minimum atomic E-state index is 0.513. The van der Waals surface area contributed by atoms with Crippen LogP contribution in [0.15, 0.2) is 0 Å². The van der Waals surface area contributed by atoms with E-state index in [-0.39, 0.29) is 0 Å². The smallest absolute Gasteiger partial charge is 0.133 e. The van der Waals surface area contributed by atoms with Crippen LogP contribution in [-0.4, -0.2) is 16.2 Å². The molecule has 0 aromatic carbocycles. The van der Waals surface area contributed by atoms with Crippen LogP contribution >= 0.6 is 11.5 Å². The van der Waals surface area contributed by atoms with Gasteiger partial charge in [-0.15, -0.1) is 5.10 Å². The number of nitrogen functional groups attached to an aromatic ring is 1. The van der Waals surface area contributed by atoms with Crippen molar-refractivity contribution in [3.8, 4) is 0 Å². The average Bonchev–Trinajstić information content (AvgIpc) is 2.66. The molecule has 0 radical (unpaired) electrons. The minimum absolute atomic E-state index is 0.513. The third-order valence-electron chi connectivity index (χ3n) is 2.90. The molecule has 15 heavy (non-hydrogen) atoms. The van der Waals surface area contributed by atoms with Crippen LogP contribution in [0.4, 0.5) is 5.00 Å². The van der Waals surface area contributed by atoms with Crippen molar-refractivity contribution in [2.45, 2.75) is 38.7 Å². The third kappa shape index (κ3) is 3.14. The first-order valence-electron chi connectivity index (χ1n) is 5.50. The van der Waals surface area contributed by atoms with Crippen LogP contribution in [0.3, 0.4) is 0 Å². The standard InChI is InChI=1S/C10H17N3OS/c11-10-9(12-13-15-10)7-14-6-8-4-2-1-3-5-8/h8H,1-7,11H2. The molecule has 0 aliphatic heterocycles. The number of nitrogens with zero attached hydrogens (tertiary/aromatic N) is 2. The monoisotopic (exact) mass is 227 g/mol. The Kier molecular flexibility index (Phi) is 3.91. The topological polar surface area (TPSA) is 61.0 Å². The molecule has 0 saturated heterocycles. The molecule has 2 N–H and O–H groups in total. The molecule has 1 heterocycles. The zero-order valence-electron chi connectivity index (χ0n) is 8.82. The van der Waals surface area contributed by atoms with Gasteiger partial charge in [0.1, 0.15) is 10.7 Å². The van der Waals surface area contributed by atoms with Gasteiger partial charge in [-0.1, -0.05) is 23.8 Å². The van der Waals surface area contributed by atoms with Crippen LogP contribution in [0.5, 0.6) is 0 Å². The first-order chi connectivity index (χ1) is 7.36. The van der Waals surface area contributed by atoms with Crippen molar-refractivity contribution < 1.29 is 4.74 Å². The second kappa shape index (κ2) is 5.42. The zero-order chi connectivity index (χ0) is 10.5. The van der Waals surface area contributed by atoms with E-state index in [1.54, 1.807) is 0 Å². The second-order valence-electron chi connectivity index (χ2n) is 4.10. The van der Waals surface area contributed by atoms with Gasteiger partial charge in [-0.25, -0.2) is 0 Å². The van der Waals surface area contributed by atoms with Gasteiger partial charge >= 0.3 is 0 Å². The van der Waals surface area contributed by atoms with Crippen LogP contribution in [0.25, 0.3) is 0 Å². The van der Waals surface area contributed by atoms with Gasteiger partial charge < -0.3 is 10.5 Å². The van der Waals surface area contributed by atoms with Crippen molar-refractivity contribution in [2.75, 3.05) is 12.3 Å². The maximum absolute atomic E-state index is 5.67. The minimum Gasteiger partial charge on any atom is -0.388 e. The Labute approximate surface area is 94.0 Å². The van der Waals surface area contributed by atoms with Crippen molar-refractivity contribution >= 4 is 16.5 Å². The molecule has 1 aromatic heterocycles. The molecule has 0 atom stereocenters. The van der Waals surface area contributed by atoms with E-state index >= 15 is 0 Å². The van der Waals surface area contributed by atoms with Crippen molar-refractivity contribution in [2.24, 2.45) is 5.92 Å². The van der Waals surface area contributed by atoms with E-state index in [4.69, 9.17) is 10.5 Å². The summed E-state index contributed by atoms with van der Waals surface area (Å²) in [6, 6.07) is 0. The molecule has 0 bridgehead atoms. The largest absolute Gasteiger partial charge is 0.388 e. The summed E-state index contributed by atoms with van der Waals surface area (Å²) in [5.74, 6) is 0.742. The lowest BCUT2D eigenvalue weighted by atomic mass is 9.90. The summed E-state index contributed by atoms with van der Waals surface area (Å²) in [7, 11) is 0. The Morgan fingerprint density at radius 3 is 2.80 bits per heavy atom. The van der Waals surface area contributed by atoms with Gasteiger partial charge in [0.15, 0.2) is 0 Å². The normalized spacial score (nSPS) is 18.1. The van der Waals surface area contributed by atoms with Gasteiger partial charge in [0, 0.05) is 18.1 Å². The molecule has 1 aromatic rings. The Hall–Kier alpha value is -0.680. The zero-order valence-corrected chi connectivity index (χ0v) is 9.63. The lowest BCUT2D eigenvalue weighted by Gasteiger charge is -2.20. The van der Waals surface area contributed by atoms with Gasteiger partial charge in [-0.3, -0.25) is 0 Å². The maximum atomic E-state index is 5.67. The van der Waals surface area contributed by atoms with Gasteiger partial charge in [0.2, 0.25) is 0 Å². The predicted molar refractivity (Wildman–Crippen MR) is 60.6 cm³/mol. The van der Waals surface area contributed by atoms with E-state index in [1.165, 1.54) is 43.6 Å². The van der Waals surface area contributed by atoms with E-state index in [1.807, 2.05) is 0 Å². The molecule has 0 unspecified atom stereocenters. The molecule has 84 valence electrons. The van der Waals surface area contributed by atoms with Crippen LogP contribution in [-0.2, 0) is 11.3 Å². The number of anilines is 1. The molecule has 5 heteroatoms. The second-order valence-corrected chi connectivity index (χ2v) is 4.89. The number of ether oxygens (including phenoxy) is 1. The molecule has 2 rings (SSSR count). The van der Waals surface area contributed by atoms with E-state index in [0.29, 0.717) is 11.6 Å². The number of rotatable bonds is 4. The van der Waals surface area contributed by atoms with Crippen LogP contribution in [0.1, 0.15) is 37.8 Å². The third-order valence-corrected chi connectivity index (χ3v) is 3.50. The van der Waals surface area contributed by atoms with Crippen molar-refractivity contribution in [1.29, 1.82) is 0 Å².